The number of hydrogen-bond donors (Lipinski definition) is 0. The van der Waals surface area contributed by atoms with Crippen LogP contribution in [0.15, 0.2) is 14.3 Å². The van der Waals surface area contributed by atoms with Crippen LogP contribution in [0.4, 0.5) is 0 Å². The van der Waals surface area contributed by atoms with Gasteiger partial charge in [0.05, 0.1) is 20.8 Å². The van der Waals surface area contributed by atoms with Crippen molar-refractivity contribution in [2.45, 2.75) is 6.92 Å². The van der Waals surface area contributed by atoms with E-state index in [0.717, 1.165) is 23.0 Å². The summed E-state index contributed by atoms with van der Waals surface area (Å²) in [5.41, 5.74) is 0.385. The molecule has 0 saturated carbocycles. The van der Waals surface area contributed by atoms with Crippen molar-refractivity contribution in [1.82, 2.24) is 4.98 Å². The fraction of sp³-hybridized carbons (Fsp3) is 0.200. The molecular formula is C10H7Br2NO2S2. The van der Waals surface area contributed by atoms with Gasteiger partial charge in [0.1, 0.15) is 0 Å². The summed E-state index contributed by atoms with van der Waals surface area (Å²) in [6.45, 7) is 1.87. The van der Waals surface area contributed by atoms with Crippen LogP contribution < -0.4 is 0 Å². The minimum Gasteiger partial charge on any atom is -0.464 e. The van der Waals surface area contributed by atoms with Gasteiger partial charge < -0.3 is 4.74 Å². The predicted molar refractivity (Wildman–Crippen MR) is 76.9 cm³/mol. The van der Waals surface area contributed by atoms with E-state index in [0.29, 0.717) is 5.69 Å². The molecule has 0 unspecified atom stereocenters. The molecule has 0 saturated heterocycles. The fourth-order valence-corrected chi connectivity index (χ4v) is 4.33. The first-order valence-corrected chi connectivity index (χ1v) is 7.75. The molecule has 0 aliphatic rings. The van der Waals surface area contributed by atoms with Crippen LogP contribution in [0, 0.1) is 6.92 Å². The first-order chi connectivity index (χ1) is 8.02. The van der Waals surface area contributed by atoms with Crippen molar-refractivity contribution in [3.8, 4) is 9.75 Å². The van der Waals surface area contributed by atoms with Crippen LogP contribution >= 0.6 is 54.5 Å². The number of halogens is 2. The number of methoxy groups -OCH3 is 1. The summed E-state index contributed by atoms with van der Waals surface area (Å²) >= 11 is 9.91. The molecule has 0 fully saturated rings. The molecule has 0 atom stereocenters. The van der Waals surface area contributed by atoms with Gasteiger partial charge in [0.25, 0.3) is 0 Å². The Hall–Kier alpha value is -0.240. The van der Waals surface area contributed by atoms with Crippen LogP contribution in [0.25, 0.3) is 9.75 Å². The Morgan fingerprint density at radius 3 is 2.65 bits per heavy atom. The van der Waals surface area contributed by atoms with Crippen LogP contribution in [0.5, 0.6) is 0 Å². The van der Waals surface area contributed by atoms with E-state index in [9.17, 15) is 4.79 Å². The van der Waals surface area contributed by atoms with Crippen LogP contribution in [0.2, 0.25) is 0 Å². The number of thiazole rings is 1. The van der Waals surface area contributed by atoms with E-state index >= 15 is 0 Å². The lowest BCUT2D eigenvalue weighted by Gasteiger charge is -1.97. The third-order valence-corrected chi connectivity index (χ3v) is 6.39. The third-order valence-electron chi connectivity index (χ3n) is 1.98. The number of ether oxygens (including phenoxy) is 1. The van der Waals surface area contributed by atoms with Gasteiger partial charge in [-0.1, -0.05) is 0 Å². The highest BCUT2D eigenvalue weighted by Gasteiger charge is 2.20. The Balaban J connectivity index is 2.55. The number of rotatable bonds is 2. The average Bonchev–Trinajstić information content (AvgIpc) is 2.82. The number of carbonyl (C=O) groups excluding carboxylic acids is 1. The highest BCUT2D eigenvalue weighted by molar-refractivity contribution is 9.13. The number of nitrogens with zero attached hydrogens (tertiary/aromatic N) is 1. The lowest BCUT2D eigenvalue weighted by atomic mass is 10.3. The van der Waals surface area contributed by atoms with Gasteiger partial charge in [-0.3, -0.25) is 0 Å². The minimum atomic E-state index is -0.398. The molecule has 17 heavy (non-hydrogen) atoms. The Labute approximate surface area is 123 Å². The fourth-order valence-electron chi connectivity index (χ4n) is 1.29. The highest BCUT2D eigenvalue weighted by Crippen LogP contribution is 2.41. The van der Waals surface area contributed by atoms with Crippen molar-refractivity contribution >= 4 is 60.5 Å². The summed E-state index contributed by atoms with van der Waals surface area (Å²) in [6, 6.07) is 1.97. The van der Waals surface area contributed by atoms with E-state index in [4.69, 9.17) is 4.74 Å². The summed E-state index contributed by atoms with van der Waals surface area (Å²) in [6.07, 6.45) is 0. The molecule has 2 rings (SSSR count). The number of aromatic nitrogens is 1. The van der Waals surface area contributed by atoms with Crippen molar-refractivity contribution in [3.05, 3.63) is 25.0 Å². The third kappa shape index (κ3) is 2.62. The summed E-state index contributed by atoms with van der Waals surface area (Å²) in [5.74, 6) is -0.398. The highest BCUT2D eigenvalue weighted by atomic mass is 79.9. The summed E-state index contributed by atoms with van der Waals surface area (Å²) in [5, 5.41) is 0.848. The van der Waals surface area contributed by atoms with Gasteiger partial charge in [0.15, 0.2) is 5.69 Å². The lowest BCUT2D eigenvalue weighted by molar-refractivity contribution is 0.0595. The molecule has 90 valence electrons. The Bertz CT molecular complexity index is 557. The first kappa shape index (κ1) is 13.2. The van der Waals surface area contributed by atoms with E-state index in [1.165, 1.54) is 18.4 Å². The van der Waals surface area contributed by atoms with Crippen molar-refractivity contribution in [1.29, 1.82) is 0 Å². The first-order valence-electron chi connectivity index (χ1n) is 4.54. The van der Waals surface area contributed by atoms with Gasteiger partial charge in [0.2, 0.25) is 0 Å². The molecule has 7 heteroatoms. The van der Waals surface area contributed by atoms with E-state index < -0.39 is 5.97 Å². The molecule has 2 aromatic rings. The monoisotopic (exact) mass is 395 g/mol. The van der Waals surface area contributed by atoms with Gasteiger partial charge in [-0.05, 0) is 44.8 Å². The van der Waals surface area contributed by atoms with E-state index in [2.05, 4.69) is 36.8 Å². The maximum absolute atomic E-state index is 11.6. The van der Waals surface area contributed by atoms with Crippen LogP contribution in [-0.2, 0) is 4.74 Å². The lowest BCUT2D eigenvalue weighted by Crippen LogP contribution is -2.02. The molecule has 3 nitrogen and oxygen atoms in total. The standard InChI is InChI=1S/C10H7Br2NO2S2/c1-4-13-7(10(14)15-2)8(16-4)6-3-5(11)9(12)17-6/h3H,1-2H3. The zero-order valence-electron chi connectivity index (χ0n) is 8.91. The van der Waals surface area contributed by atoms with Crippen molar-refractivity contribution in [2.24, 2.45) is 0 Å². The maximum Gasteiger partial charge on any atom is 0.358 e. The average molecular weight is 397 g/mol. The second-order valence-corrected chi connectivity index (χ2v) is 7.56. The zero-order valence-corrected chi connectivity index (χ0v) is 13.7. The molecule has 0 bridgehead atoms. The molecule has 0 amide bonds. The largest absolute Gasteiger partial charge is 0.464 e. The van der Waals surface area contributed by atoms with Crippen molar-refractivity contribution < 1.29 is 9.53 Å². The molecule has 0 aliphatic heterocycles. The Morgan fingerprint density at radius 1 is 1.41 bits per heavy atom. The van der Waals surface area contributed by atoms with Gasteiger partial charge in [-0.2, -0.15) is 0 Å². The minimum absolute atomic E-state index is 0.385. The van der Waals surface area contributed by atoms with E-state index in [1.807, 2.05) is 13.0 Å². The molecule has 0 N–H and O–H groups in total. The number of aryl methyl sites for hydroxylation is 1. The molecule has 0 radical (unpaired) electrons. The SMILES string of the molecule is COC(=O)c1nc(C)sc1-c1cc(Br)c(Br)s1. The normalized spacial score (nSPS) is 10.6. The molecule has 2 heterocycles. The summed E-state index contributed by atoms with van der Waals surface area (Å²) in [4.78, 5) is 17.7. The van der Waals surface area contributed by atoms with E-state index in [-0.39, 0.29) is 0 Å². The smallest absolute Gasteiger partial charge is 0.358 e. The number of hydrogen-bond acceptors (Lipinski definition) is 5. The molecule has 0 spiro atoms. The van der Waals surface area contributed by atoms with Crippen LogP contribution in [0.1, 0.15) is 15.5 Å². The quantitative estimate of drug-likeness (QED) is 0.702. The Kier molecular flexibility index (Phi) is 4.02. The molecule has 2 aromatic heterocycles. The molecule has 0 aromatic carbocycles. The summed E-state index contributed by atoms with van der Waals surface area (Å²) in [7, 11) is 1.36. The predicted octanol–water partition coefficient (Wildman–Crippen LogP) is 4.49. The second kappa shape index (κ2) is 5.17. The van der Waals surface area contributed by atoms with Crippen molar-refractivity contribution in [2.75, 3.05) is 7.11 Å². The summed E-state index contributed by atoms with van der Waals surface area (Å²) < 4.78 is 6.70. The van der Waals surface area contributed by atoms with Gasteiger partial charge in [0, 0.05) is 9.35 Å². The maximum atomic E-state index is 11.6. The zero-order chi connectivity index (χ0) is 12.6. The van der Waals surface area contributed by atoms with Crippen molar-refractivity contribution in [3.63, 3.8) is 0 Å². The van der Waals surface area contributed by atoms with Gasteiger partial charge >= 0.3 is 5.97 Å². The van der Waals surface area contributed by atoms with Gasteiger partial charge in [-0.25, -0.2) is 9.78 Å². The number of thiophene rings is 1. The molecule has 0 aliphatic carbocycles. The second-order valence-electron chi connectivity index (χ2n) is 3.13. The van der Waals surface area contributed by atoms with Crippen LogP contribution in [-0.4, -0.2) is 18.1 Å². The number of carbonyl (C=O) groups is 1. The topological polar surface area (TPSA) is 39.2 Å². The van der Waals surface area contributed by atoms with Gasteiger partial charge in [-0.15, -0.1) is 22.7 Å². The Morgan fingerprint density at radius 2 is 2.12 bits per heavy atom. The molecular weight excluding hydrogens is 390 g/mol. The van der Waals surface area contributed by atoms with E-state index in [1.54, 1.807) is 11.3 Å². The number of esters is 1. The van der Waals surface area contributed by atoms with Crippen LogP contribution in [0.3, 0.4) is 0 Å².